The molecule has 0 fully saturated rings. The molecule has 5 heteroatoms. The summed E-state index contributed by atoms with van der Waals surface area (Å²) in [5, 5.41) is 9.78. The fourth-order valence-corrected chi connectivity index (χ4v) is 2.27. The number of methoxy groups -OCH3 is 1. The highest BCUT2D eigenvalue weighted by Crippen LogP contribution is 2.27. The third-order valence-corrected chi connectivity index (χ3v) is 3.34. The molecule has 0 atom stereocenters. The van der Waals surface area contributed by atoms with Crippen LogP contribution >= 0.6 is 0 Å². The van der Waals surface area contributed by atoms with E-state index in [1.807, 2.05) is 36.4 Å². The van der Waals surface area contributed by atoms with E-state index in [1.54, 1.807) is 13.2 Å². The molecule has 2 aromatic carbocycles. The monoisotopic (exact) mass is 270 g/mol. The van der Waals surface area contributed by atoms with Crippen molar-refractivity contribution >= 4 is 12.6 Å². The Hall–Kier alpha value is -1.98. The van der Waals surface area contributed by atoms with E-state index < -0.39 is 7.12 Å². The number of hydrogen-bond acceptors (Lipinski definition) is 4. The lowest BCUT2D eigenvalue weighted by Gasteiger charge is -2.11. The van der Waals surface area contributed by atoms with E-state index in [9.17, 15) is 5.02 Å². The van der Waals surface area contributed by atoms with Gasteiger partial charge in [0.05, 0.1) is 13.7 Å². The predicted molar refractivity (Wildman–Crippen MR) is 76.2 cm³/mol. The smallest absolute Gasteiger partial charge is 0.492 e. The lowest BCUT2D eigenvalue weighted by molar-refractivity contribution is 0.271. The molecule has 2 aromatic rings. The number of benzene rings is 2. The summed E-state index contributed by atoms with van der Waals surface area (Å²) in [4.78, 5) is 0. The first-order chi connectivity index (χ1) is 9.78. The first-order valence-corrected chi connectivity index (χ1v) is 6.45. The van der Waals surface area contributed by atoms with Gasteiger partial charge in [0.1, 0.15) is 18.1 Å². The summed E-state index contributed by atoms with van der Waals surface area (Å²) in [5.74, 6) is 1.34. The second kappa shape index (κ2) is 5.57. The molecule has 0 aliphatic carbocycles. The lowest BCUT2D eigenvalue weighted by atomic mass is 9.79. The van der Waals surface area contributed by atoms with Crippen LogP contribution in [0.5, 0.6) is 11.5 Å². The van der Waals surface area contributed by atoms with Crippen molar-refractivity contribution in [1.82, 2.24) is 0 Å². The fraction of sp³-hybridized carbons (Fsp3) is 0.200. The molecule has 0 aromatic heterocycles. The Morgan fingerprint density at radius 1 is 1.25 bits per heavy atom. The van der Waals surface area contributed by atoms with Crippen LogP contribution < -0.4 is 14.9 Å². The average Bonchev–Trinajstić information content (AvgIpc) is 2.87. The molecular formula is C15H15BO4. The van der Waals surface area contributed by atoms with Gasteiger partial charge in [0.15, 0.2) is 0 Å². The maximum atomic E-state index is 9.78. The third kappa shape index (κ3) is 2.50. The number of hydrogen-bond donors (Lipinski definition) is 1. The van der Waals surface area contributed by atoms with Crippen LogP contribution in [0.15, 0.2) is 42.5 Å². The van der Waals surface area contributed by atoms with Gasteiger partial charge in [-0.3, -0.25) is 0 Å². The lowest BCUT2D eigenvalue weighted by Crippen LogP contribution is -2.28. The van der Waals surface area contributed by atoms with Crippen LogP contribution in [-0.4, -0.2) is 19.3 Å². The molecular weight excluding hydrogens is 255 g/mol. The molecule has 1 aliphatic heterocycles. The molecule has 0 spiro atoms. The van der Waals surface area contributed by atoms with Crippen molar-refractivity contribution in [3.05, 3.63) is 53.6 Å². The molecule has 0 saturated heterocycles. The van der Waals surface area contributed by atoms with Crippen molar-refractivity contribution in [3.8, 4) is 11.5 Å². The van der Waals surface area contributed by atoms with Crippen LogP contribution in [0.4, 0.5) is 0 Å². The zero-order valence-electron chi connectivity index (χ0n) is 11.2. The summed E-state index contributed by atoms with van der Waals surface area (Å²) in [5.41, 5.74) is 2.68. The van der Waals surface area contributed by atoms with E-state index in [2.05, 4.69) is 0 Å². The van der Waals surface area contributed by atoms with Gasteiger partial charge < -0.3 is 19.2 Å². The van der Waals surface area contributed by atoms with Crippen molar-refractivity contribution in [1.29, 1.82) is 0 Å². The van der Waals surface area contributed by atoms with E-state index in [0.29, 0.717) is 30.2 Å². The number of fused-ring (bicyclic) bond motifs is 1. The Morgan fingerprint density at radius 2 is 2.05 bits per heavy atom. The predicted octanol–water partition coefficient (Wildman–Crippen LogP) is 1.49. The molecule has 20 heavy (non-hydrogen) atoms. The van der Waals surface area contributed by atoms with Crippen LogP contribution in [0.3, 0.4) is 0 Å². The molecule has 4 nitrogen and oxygen atoms in total. The van der Waals surface area contributed by atoms with Crippen molar-refractivity contribution in [3.63, 3.8) is 0 Å². The first kappa shape index (κ1) is 13.0. The molecule has 0 amide bonds. The molecule has 102 valence electrons. The van der Waals surface area contributed by atoms with Crippen molar-refractivity contribution in [2.24, 2.45) is 0 Å². The van der Waals surface area contributed by atoms with Crippen LogP contribution in [-0.2, 0) is 17.9 Å². The summed E-state index contributed by atoms with van der Waals surface area (Å²) in [6, 6.07) is 13.5. The van der Waals surface area contributed by atoms with Gasteiger partial charge >= 0.3 is 7.12 Å². The van der Waals surface area contributed by atoms with Gasteiger partial charge in [-0.1, -0.05) is 30.3 Å². The fourth-order valence-electron chi connectivity index (χ4n) is 2.27. The highest BCUT2D eigenvalue weighted by Gasteiger charge is 2.30. The maximum absolute atomic E-state index is 9.78. The molecule has 0 radical (unpaired) electrons. The van der Waals surface area contributed by atoms with E-state index in [4.69, 9.17) is 14.1 Å². The minimum absolute atomic E-state index is 0.360. The molecule has 0 saturated carbocycles. The average molecular weight is 270 g/mol. The second-order valence-electron chi connectivity index (χ2n) is 4.63. The van der Waals surface area contributed by atoms with Crippen LogP contribution in [0.2, 0.25) is 0 Å². The van der Waals surface area contributed by atoms with E-state index in [1.165, 1.54) is 0 Å². The van der Waals surface area contributed by atoms with E-state index in [-0.39, 0.29) is 0 Å². The molecule has 0 unspecified atom stereocenters. The molecule has 1 N–H and O–H groups in total. The summed E-state index contributed by atoms with van der Waals surface area (Å²) >= 11 is 0. The van der Waals surface area contributed by atoms with Gasteiger partial charge in [-0.2, -0.15) is 0 Å². The summed E-state index contributed by atoms with van der Waals surface area (Å²) in [6.07, 6.45) is 0. The Labute approximate surface area is 118 Å². The zero-order chi connectivity index (χ0) is 13.9. The second-order valence-corrected chi connectivity index (χ2v) is 4.63. The molecule has 0 bridgehead atoms. The molecule has 1 heterocycles. The van der Waals surface area contributed by atoms with Crippen LogP contribution in [0, 0.1) is 0 Å². The topological polar surface area (TPSA) is 47.9 Å². The Kier molecular flexibility index (Phi) is 3.63. The first-order valence-electron chi connectivity index (χ1n) is 6.45. The number of rotatable bonds is 4. The molecule has 1 aliphatic rings. The Bertz CT molecular complexity index is 600. The minimum Gasteiger partial charge on any atom is -0.496 e. The maximum Gasteiger partial charge on any atom is 0.492 e. The highest BCUT2D eigenvalue weighted by molar-refractivity contribution is 6.61. The van der Waals surface area contributed by atoms with Gasteiger partial charge in [0.2, 0.25) is 0 Å². The van der Waals surface area contributed by atoms with Crippen molar-refractivity contribution in [2.45, 2.75) is 13.2 Å². The van der Waals surface area contributed by atoms with Gasteiger partial charge in [0.25, 0.3) is 0 Å². The van der Waals surface area contributed by atoms with Crippen LogP contribution in [0.25, 0.3) is 0 Å². The van der Waals surface area contributed by atoms with Crippen molar-refractivity contribution in [2.75, 3.05) is 7.11 Å². The SMILES string of the molecule is COc1cc(OCc2ccccc2)cc2c1COB2O. The van der Waals surface area contributed by atoms with E-state index >= 15 is 0 Å². The van der Waals surface area contributed by atoms with Crippen molar-refractivity contribution < 1.29 is 19.2 Å². The normalized spacial score (nSPS) is 13.2. The summed E-state index contributed by atoms with van der Waals surface area (Å²) < 4.78 is 16.3. The molecule has 3 rings (SSSR count). The minimum atomic E-state index is -0.904. The quantitative estimate of drug-likeness (QED) is 0.855. The van der Waals surface area contributed by atoms with Gasteiger partial charge in [-0.15, -0.1) is 0 Å². The third-order valence-electron chi connectivity index (χ3n) is 3.34. The van der Waals surface area contributed by atoms with Crippen LogP contribution in [0.1, 0.15) is 11.1 Å². The number of ether oxygens (including phenoxy) is 2. The largest absolute Gasteiger partial charge is 0.496 e. The van der Waals surface area contributed by atoms with Gasteiger partial charge in [-0.25, -0.2) is 0 Å². The van der Waals surface area contributed by atoms with Gasteiger partial charge in [-0.05, 0) is 17.1 Å². The van der Waals surface area contributed by atoms with E-state index in [0.717, 1.165) is 11.1 Å². The summed E-state index contributed by atoms with van der Waals surface area (Å²) in [7, 11) is 0.695. The Morgan fingerprint density at radius 3 is 2.80 bits per heavy atom. The van der Waals surface area contributed by atoms with Gasteiger partial charge in [0, 0.05) is 11.6 Å². The highest BCUT2D eigenvalue weighted by atomic mass is 16.5. The summed E-state index contributed by atoms with van der Waals surface area (Å²) in [6.45, 7) is 0.832. The Balaban J connectivity index is 1.82. The zero-order valence-corrected chi connectivity index (χ0v) is 11.2. The standard InChI is InChI=1S/C15H15BO4/c1-18-15-8-12(7-14-13(15)10-20-16(14)17)19-9-11-5-3-2-4-6-11/h2-8,17H,9-10H2,1H3.